The number of aryl methyl sites for hydroxylation is 1. The van der Waals surface area contributed by atoms with Crippen molar-refractivity contribution in [3.8, 4) is 0 Å². The van der Waals surface area contributed by atoms with Gasteiger partial charge in [-0.05, 0) is 30.9 Å². The molecule has 208 valence electrons. The Morgan fingerprint density at radius 3 is 1.81 bits per heavy atom. The zero-order valence-electron chi connectivity index (χ0n) is 23.5. The summed E-state index contributed by atoms with van der Waals surface area (Å²) in [6, 6.07) is 18.0. The number of quaternary nitrogens is 1. The van der Waals surface area contributed by atoms with Gasteiger partial charge in [0.2, 0.25) is 0 Å². The molecule has 0 amide bonds. The van der Waals surface area contributed by atoms with Crippen molar-refractivity contribution in [1.82, 2.24) is 0 Å². The largest absolute Gasteiger partial charge is 1.00 e. The Morgan fingerprint density at radius 2 is 1.27 bits per heavy atom. The van der Waals surface area contributed by atoms with Crippen LogP contribution in [-0.4, -0.2) is 23.5 Å². The number of halogens is 1. The smallest absolute Gasteiger partial charge is 0.168 e. The first-order valence-corrected chi connectivity index (χ1v) is 14.8. The predicted molar refractivity (Wildman–Crippen MR) is 152 cm³/mol. The number of aliphatic hydroxyl groups is 1. The molecule has 2 atom stereocenters. The standard InChI is InChI=1S/C33H51NO2.ClH/c1-3-4-5-6-7-8-9-10-11-12-13-14-16-19-29-22-24-30(25-23-29)32(35)26-27-34-28(2)33(36)31-20-17-15-18-21-31;/h15,17-18,20-25,28,33-34,36H,3-14,16,19,26-27H2,1-2H3;1H. The number of Topliss-reactive ketones (excluding diaryl/α,β-unsaturated/α-hetero) is 1. The third-order valence-electron chi connectivity index (χ3n) is 7.39. The third kappa shape index (κ3) is 14.7. The molecule has 3 N–H and O–H groups in total. The fraction of sp³-hybridized carbons (Fsp3) is 0.606. The van der Waals surface area contributed by atoms with E-state index in [-0.39, 0.29) is 24.2 Å². The van der Waals surface area contributed by atoms with Crippen molar-refractivity contribution in [3.63, 3.8) is 0 Å². The second-order valence-electron chi connectivity index (χ2n) is 10.6. The van der Waals surface area contributed by atoms with Crippen LogP contribution in [0.2, 0.25) is 0 Å². The molecule has 0 aliphatic heterocycles. The lowest BCUT2D eigenvalue weighted by Crippen LogP contribution is -3.00. The second kappa shape index (κ2) is 21.3. The fourth-order valence-electron chi connectivity index (χ4n) is 4.91. The number of unbranched alkanes of at least 4 members (excludes halogenated alkanes) is 12. The Morgan fingerprint density at radius 1 is 0.757 bits per heavy atom. The lowest BCUT2D eigenvalue weighted by molar-refractivity contribution is -0.693. The van der Waals surface area contributed by atoms with Crippen molar-refractivity contribution in [1.29, 1.82) is 0 Å². The molecule has 2 rings (SSSR count). The van der Waals surface area contributed by atoms with Crippen molar-refractivity contribution in [2.24, 2.45) is 0 Å². The maximum Gasteiger partial charge on any atom is 0.168 e. The highest BCUT2D eigenvalue weighted by atomic mass is 35.5. The number of ketones is 1. The van der Waals surface area contributed by atoms with Gasteiger partial charge in [0.25, 0.3) is 0 Å². The van der Waals surface area contributed by atoms with Gasteiger partial charge in [-0.1, -0.05) is 139 Å². The average molecular weight is 530 g/mol. The number of nitrogens with two attached hydrogens (primary N) is 1. The van der Waals surface area contributed by atoms with Crippen LogP contribution in [0.1, 0.15) is 131 Å². The molecule has 2 aromatic rings. The van der Waals surface area contributed by atoms with Crippen LogP contribution in [0.4, 0.5) is 0 Å². The molecule has 0 radical (unpaired) electrons. The minimum Gasteiger partial charge on any atom is -1.00 e. The van der Waals surface area contributed by atoms with Gasteiger partial charge in [0.1, 0.15) is 12.1 Å². The highest BCUT2D eigenvalue weighted by Crippen LogP contribution is 2.15. The maximum absolute atomic E-state index is 12.6. The summed E-state index contributed by atoms with van der Waals surface area (Å²) in [5.74, 6) is 0.181. The van der Waals surface area contributed by atoms with E-state index in [1.54, 1.807) is 0 Å². The summed E-state index contributed by atoms with van der Waals surface area (Å²) in [6.45, 7) is 4.97. The van der Waals surface area contributed by atoms with Crippen molar-refractivity contribution in [3.05, 3.63) is 71.3 Å². The molecule has 0 aliphatic carbocycles. The predicted octanol–water partition coefficient (Wildman–Crippen LogP) is 4.58. The summed E-state index contributed by atoms with van der Waals surface area (Å²) in [4.78, 5) is 12.6. The van der Waals surface area contributed by atoms with Crippen LogP contribution < -0.4 is 17.7 Å². The van der Waals surface area contributed by atoms with E-state index in [9.17, 15) is 9.90 Å². The van der Waals surface area contributed by atoms with Gasteiger partial charge in [0.15, 0.2) is 5.78 Å². The van der Waals surface area contributed by atoms with Crippen LogP contribution in [-0.2, 0) is 6.42 Å². The van der Waals surface area contributed by atoms with Crippen LogP contribution in [0.15, 0.2) is 54.6 Å². The van der Waals surface area contributed by atoms with Crippen LogP contribution >= 0.6 is 0 Å². The van der Waals surface area contributed by atoms with E-state index in [4.69, 9.17) is 0 Å². The number of carbonyl (C=O) groups excluding carboxylic acids is 1. The van der Waals surface area contributed by atoms with Crippen molar-refractivity contribution in [2.75, 3.05) is 6.54 Å². The molecule has 0 bridgehead atoms. The lowest BCUT2D eigenvalue weighted by Gasteiger charge is -2.17. The molecule has 0 aliphatic rings. The summed E-state index contributed by atoms with van der Waals surface area (Å²) in [5.41, 5.74) is 3.06. The zero-order chi connectivity index (χ0) is 25.8. The Hall–Kier alpha value is -1.68. The van der Waals surface area contributed by atoms with E-state index >= 15 is 0 Å². The monoisotopic (exact) mass is 529 g/mol. The summed E-state index contributed by atoms with van der Waals surface area (Å²) >= 11 is 0. The van der Waals surface area contributed by atoms with Crippen molar-refractivity contribution >= 4 is 5.78 Å². The molecule has 3 nitrogen and oxygen atoms in total. The summed E-state index contributed by atoms with van der Waals surface area (Å²) in [7, 11) is 0. The zero-order valence-corrected chi connectivity index (χ0v) is 24.2. The van der Waals surface area contributed by atoms with Gasteiger partial charge in [0, 0.05) is 5.56 Å². The summed E-state index contributed by atoms with van der Waals surface area (Å²) in [5, 5.41) is 12.5. The van der Waals surface area contributed by atoms with Gasteiger partial charge >= 0.3 is 0 Å². The molecule has 0 spiro atoms. The Balaban J connectivity index is 0.00000684. The maximum atomic E-state index is 12.6. The SMILES string of the molecule is CCCCCCCCCCCCCCCc1ccc(C(=O)CC[NH2+]C(C)C(O)c2ccccc2)cc1.[Cl-]. The van der Waals surface area contributed by atoms with E-state index in [2.05, 4.69) is 24.4 Å². The van der Waals surface area contributed by atoms with E-state index < -0.39 is 6.10 Å². The summed E-state index contributed by atoms with van der Waals surface area (Å²) < 4.78 is 0. The Kier molecular flexibility index (Phi) is 19.2. The van der Waals surface area contributed by atoms with Crippen LogP contribution in [0.25, 0.3) is 0 Å². The highest BCUT2D eigenvalue weighted by Gasteiger charge is 2.19. The lowest BCUT2D eigenvalue weighted by atomic mass is 10.0. The number of benzene rings is 2. The molecule has 37 heavy (non-hydrogen) atoms. The molecule has 2 unspecified atom stereocenters. The van der Waals surface area contributed by atoms with Crippen molar-refractivity contribution < 1.29 is 27.6 Å². The second-order valence-corrected chi connectivity index (χ2v) is 10.6. The van der Waals surface area contributed by atoms with E-state index in [1.807, 2.05) is 49.4 Å². The molecule has 4 heteroatoms. The normalized spacial score (nSPS) is 12.6. The molecule has 0 saturated heterocycles. The van der Waals surface area contributed by atoms with Gasteiger partial charge in [-0.15, -0.1) is 0 Å². The minimum absolute atomic E-state index is 0. The molecule has 0 fully saturated rings. The average Bonchev–Trinajstić information content (AvgIpc) is 2.91. The molecular weight excluding hydrogens is 478 g/mol. The first kappa shape index (κ1) is 33.3. The number of hydrogen-bond acceptors (Lipinski definition) is 2. The molecule has 2 aromatic carbocycles. The van der Waals surface area contributed by atoms with E-state index in [0.29, 0.717) is 13.0 Å². The topological polar surface area (TPSA) is 53.9 Å². The fourth-order valence-corrected chi connectivity index (χ4v) is 4.91. The van der Waals surface area contributed by atoms with Gasteiger partial charge in [-0.3, -0.25) is 4.79 Å². The van der Waals surface area contributed by atoms with Crippen molar-refractivity contribution in [2.45, 2.75) is 122 Å². The van der Waals surface area contributed by atoms with Gasteiger partial charge in [0.05, 0.1) is 13.0 Å². The third-order valence-corrected chi connectivity index (χ3v) is 7.39. The van der Waals surface area contributed by atoms with E-state index in [1.165, 1.54) is 89.0 Å². The van der Waals surface area contributed by atoms with Crippen LogP contribution in [0, 0.1) is 0 Å². The molecular formula is C33H52ClNO2. The number of carbonyl (C=O) groups is 1. The number of aliphatic hydroxyl groups excluding tert-OH is 1. The number of hydrogen-bond donors (Lipinski definition) is 2. The van der Waals surface area contributed by atoms with Gasteiger partial charge in [-0.2, -0.15) is 0 Å². The number of rotatable bonds is 21. The van der Waals surface area contributed by atoms with E-state index in [0.717, 1.165) is 17.5 Å². The van der Waals surface area contributed by atoms with Crippen LogP contribution in [0.3, 0.4) is 0 Å². The quantitative estimate of drug-likeness (QED) is 0.184. The highest BCUT2D eigenvalue weighted by molar-refractivity contribution is 5.96. The Labute approximate surface area is 233 Å². The molecule has 0 saturated carbocycles. The van der Waals surface area contributed by atoms with Crippen LogP contribution in [0.5, 0.6) is 0 Å². The Bertz CT molecular complexity index is 809. The first-order valence-electron chi connectivity index (χ1n) is 14.8. The summed E-state index contributed by atoms with van der Waals surface area (Å²) in [6.07, 6.45) is 19.0. The molecule has 0 heterocycles. The van der Waals surface area contributed by atoms with Gasteiger partial charge in [-0.25, -0.2) is 0 Å². The minimum atomic E-state index is -0.523. The molecule has 0 aromatic heterocycles. The first-order chi connectivity index (χ1) is 17.6. The van der Waals surface area contributed by atoms with Gasteiger partial charge < -0.3 is 22.8 Å².